The molecule has 2 rings (SSSR count). The number of aliphatic hydroxyl groups excluding tert-OH is 1. The first-order valence-corrected chi connectivity index (χ1v) is 4.67. The number of fused-ring (bicyclic) bond motifs is 1. The van der Waals surface area contributed by atoms with Gasteiger partial charge in [0.1, 0.15) is 0 Å². The number of hydrogen-bond acceptors (Lipinski definition) is 4. The van der Waals surface area contributed by atoms with Gasteiger partial charge < -0.3 is 14.6 Å². The van der Waals surface area contributed by atoms with Crippen molar-refractivity contribution in [2.24, 2.45) is 0 Å². The minimum absolute atomic E-state index is 0.539. The topological polar surface area (TPSA) is 55.8 Å². The number of hydrogen-bond donors (Lipinski definition) is 1. The van der Waals surface area contributed by atoms with Crippen LogP contribution in [0.3, 0.4) is 0 Å². The number of esters is 1. The van der Waals surface area contributed by atoms with E-state index >= 15 is 0 Å². The molecule has 0 aliphatic carbocycles. The highest BCUT2D eigenvalue weighted by Gasteiger charge is 2.20. The SMILES string of the molecule is COC(=O)C(O)c1ccc2c(c1)COC2. The van der Waals surface area contributed by atoms with E-state index in [1.807, 2.05) is 6.07 Å². The number of rotatable bonds is 2. The fourth-order valence-electron chi connectivity index (χ4n) is 1.61. The van der Waals surface area contributed by atoms with E-state index in [2.05, 4.69) is 4.74 Å². The lowest BCUT2D eigenvalue weighted by Gasteiger charge is -2.09. The monoisotopic (exact) mass is 208 g/mol. The first kappa shape index (κ1) is 10.1. The number of carbonyl (C=O) groups is 1. The van der Waals surface area contributed by atoms with Crippen LogP contribution in [-0.2, 0) is 27.5 Å². The summed E-state index contributed by atoms with van der Waals surface area (Å²) < 4.78 is 9.70. The van der Waals surface area contributed by atoms with Gasteiger partial charge in [-0.2, -0.15) is 0 Å². The molecule has 0 bridgehead atoms. The summed E-state index contributed by atoms with van der Waals surface area (Å²) in [6.07, 6.45) is -1.21. The molecule has 1 N–H and O–H groups in total. The second-order valence-corrected chi connectivity index (χ2v) is 3.45. The smallest absolute Gasteiger partial charge is 0.339 e. The Bertz CT molecular complexity index is 386. The molecule has 0 aromatic heterocycles. The number of carbonyl (C=O) groups excluding carboxylic acids is 1. The predicted molar refractivity (Wildman–Crippen MR) is 51.9 cm³/mol. The van der Waals surface area contributed by atoms with E-state index in [1.54, 1.807) is 12.1 Å². The molecule has 0 spiro atoms. The number of methoxy groups -OCH3 is 1. The van der Waals surface area contributed by atoms with E-state index in [1.165, 1.54) is 7.11 Å². The van der Waals surface area contributed by atoms with Crippen molar-refractivity contribution in [3.05, 3.63) is 34.9 Å². The Kier molecular flexibility index (Phi) is 2.70. The van der Waals surface area contributed by atoms with Crippen LogP contribution < -0.4 is 0 Å². The van der Waals surface area contributed by atoms with Crippen LogP contribution in [0.1, 0.15) is 22.8 Å². The van der Waals surface area contributed by atoms with Crippen LogP contribution in [0.5, 0.6) is 0 Å². The van der Waals surface area contributed by atoms with Gasteiger partial charge in [-0.3, -0.25) is 0 Å². The lowest BCUT2D eigenvalue weighted by atomic mass is 10.0. The summed E-state index contributed by atoms with van der Waals surface area (Å²) >= 11 is 0. The Labute approximate surface area is 87.4 Å². The fourth-order valence-corrected chi connectivity index (χ4v) is 1.61. The van der Waals surface area contributed by atoms with Crippen molar-refractivity contribution >= 4 is 5.97 Å². The van der Waals surface area contributed by atoms with Crippen molar-refractivity contribution in [3.8, 4) is 0 Å². The predicted octanol–water partition coefficient (Wildman–Crippen LogP) is 0.923. The van der Waals surface area contributed by atoms with Crippen molar-refractivity contribution < 1.29 is 19.4 Å². The molecule has 4 nitrogen and oxygen atoms in total. The highest BCUT2D eigenvalue weighted by Crippen LogP contribution is 2.24. The van der Waals surface area contributed by atoms with E-state index in [4.69, 9.17) is 4.74 Å². The van der Waals surface area contributed by atoms with Crippen LogP contribution in [0.4, 0.5) is 0 Å². The minimum atomic E-state index is -1.21. The largest absolute Gasteiger partial charge is 0.467 e. The van der Waals surface area contributed by atoms with Gasteiger partial charge in [-0.15, -0.1) is 0 Å². The third-order valence-corrected chi connectivity index (χ3v) is 2.49. The average Bonchev–Trinajstić information content (AvgIpc) is 2.73. The molecule has 1 heterocycles. The third-order valence-electron chi connectivity index (χ3n) is 2.49. The van der Waals surface area contributed by atoms with Gasteiger partial charge in [-0.25, -0.2) is 4.79 Å². The van der Waals surface area contributed by atoms with Gasteiger partial charge in [0, 0.05) is 0 Å². The lowest BCUT2D eigenvalue weighted by molar-refractivity contribution is -0.150. The van der Waals surface area contributed by atoms with Crippen LogP contribution in [0, 0.1) is 0 Å². The number of ether oxygens (including phenoxy) is 2. The first-order valence-electron chi connectivity index (χ1n) is 4.67. The zero-order valence-corrected chi connectivity index (χ0v) is 8.40. The average molecular weight is 208 g/mol. The summed E-state index contributed by atoms with van der Waals surface area (Å²) in [5.41, 5.74) is 2.68. The molecule has 4 heteroatoms. The van der Waals surface area contributed by atoms with Crippen molar-refractivity contribution in [3.63, 3.8) is 0 Å². The fraction of sp³-hybridized carbons (Fsp3) is 0.364. The molecule has 1 aliphatic heterocycles. The molecule has 0 radical (unpaired) electrons. The summed E-state index contributed by atoms with van der Waals surface area (Å²) in [5, 5.41) is 9.60. The molecule has 0 amide bonds. The summed E-state index contributed by atoms with van der Waals surface area (Å²) in [6, 6.07) is 5.36. The maximum Gasteiger partial charge on any atom is 0.339 e. The second kappa shape index (κ2) is 4.00. The lowest BCUT2D eigenvalue weighted by Crippen LogP contribution is -2.13. The zero-order valence-electron chi connectivity index (χ0n) is 8.40. The molecular weight excluding hydrogens is 196 g/mol. The Hall–Kier alpha value is -1.39. The molecule has 0 saturated carbocycles. The maximum atomic E-state index is 11.1. The summed E-state index contributed by atoms with van der Waals surface area (Å²) in [4.78, 5) is 11.1. The van der Waals surface area contributed by atoms with E-state index in [9.17, 15) is 9.90 Å². The van der Waals surface area contributed by atoms with Gasteiger partial charge in [-0.05, 0) is 22.8 Å². The summed E-state index contributed by atoms with van der Waals surface area (Å²) in [5.74, 6) is -0.645. The van der Waals surface area contributed by atoms with E-state index in [0.717, 1.165) is 11.1 Å². The molecule has 0 saturated heterocycles. The van der Waals surface area contributed by atoms with Crippen LogP contribution in [-0.4, -0.2) is 18.2 Å². The third kappa shape index (κ3) is 1.86. The highest BCUT2D eigenvalue weighted by molar-refractivity contribution is 5.76. The molecule has 1 aromatic rings. The summed E-state index contributed by atoms with van der Waals surface area (Å²) in [6.45, 7) is 1.14. The highest BCUT2D eigenvalue weighted by atomic mass is 16.5. The van der Waals surface area contributed by atoms with Gasteiger partial charge in [0.25, 0.3) is 0 Å². The Morgan fingerprint density at radius 2 is 2.20 bits per heavy atom. The number of benzene rings is 1. The van der Waals surface area contributed by atoms with Gasteiger partial charge in [-0.1, -0.05) is 12.1 Å². The van der Waals surface area contributed by atoms with Gasteiger partial charge in [0.15, 0.2) is 6.10 Å². The molecule has 1 unspecified atom stereocenters. The summed E-state index contributed by atoms with van der Waals surface area (Å²) in [7, 11) is 1.25. The van der Waals surface area contributed by atoms with Crippen LogP contribution in [0.2, 0.25) is 0 Å². The molecule has 1 aliphatic rings. The van der Waals surface area contributed by atoms with Crippen molar-refractivity contribution in [1.82, 2.24) is 0 Å². The molecular formula is C11H12O4. The van der Waals surface area contributed by atoms with Gasteiger partial charge in [0.2, 0.25) is 0 Å². The Balaban J connectivity index is 2.26. The first-order chi connectivity index (χ1) is 7.22. The minimum Gasteiger partial charge on any atom is -0.467 e. The van der Waals surface area contributed by atoms with Gasteiger partial charge in [0.05, 0.1) is 20.3 Å². The van der Waals surface area contributed by atoms with Crippen molar-refractivity contribution in [2.75, 3.05) is 7.11 Å². The molecule has 1 atom stereocenters. The normalized spacial score (nSPS) is 15.9. The molecule has 80 valence electrons. The van der Waals surface area contributed by atoms with Crippen LogP contribution in [0.25, 0.3) is 0 Å². The van der Waals surface area contributed by atoms with Crippen molar-refractivity contribution in [1.29, 1.82) is 0 Å². The zero-order chi connectivity index (χ0) is 10.8. The second-order valence-electron chi connectivity index (χ2n) is 3.45. The van der Waals surface area contributed by atoms with Crippen molar-refractivity contribution in [2.45, 2.75) is 19.3 Å². The Morgan fingerprint density at radius 3 is 2.93 bits per heavy atom. The standard InChI is InChI=1S/C11H12O4/c1-14-11(13)10(12)7-2-3-8-5-15-6-9(8)4-7/h2-4,10,12H,5-6H2,1H3. The quantitative estimate of drug-likeness (QED) is 0.734. The van der Waals surface area contributed by atoms with Crippen LogP contribution in [0.15, 0.2) is 18.2 Å². The van der Waals surface area contributed by atoms with Gasteiger partial charge >= 0.3 is 5.97 Å². The molecule has 15 heavy (non-hydrogen) atoms. The maximum absolute atomic E-state index is 11.1. The van der Waals surface area contributed by atoms with Crippen LogP contribution >= 0.6 is 0 Å². The van der Waals surface area contributed by atoms with E-state index < -0.39 is 12.1 Å². The van der Waals surface area contributed by atoms with E-state index in [-0.39, 0.29) is 0 Å². The number of aliphatic hydroxyl groups is 1. The molecule has 0 fully saturated rings. The van der Waals surface area contributed by atoms with E-state index in [0.29, 0.717) is 18.8 Å². The molecule has 1 aromatic carbocycles. The Morgan fingerprint density at radius 1 is 1.47 bits per heavy atom.